The first-order chi connectivity index (χ1) is 8.90. The minimum absolute atomic E-state index is 0.0468. The Bertz CT molecular complexity index is 492. The summed E-state index contributed by atoms with van der Waals surface area (Å²) in [6, 6.07) is 5.74. The summed E-state index contributed by atoms with van der Waals surface area (Å²) in [5.41, 5.74) is 0.638. The standard InChI is InChI=1S/C14H18BrClN2O/c1-9-7-18(8-13(9)17(2)3)14(19)11-6-10(16)4-5-12(11)15/h4-6,9,13H,7-8H2,1-3H3. The lowest BCUT2D eigenvalue weighted by Crippen LogP contribution is -2.35. The molecule has 0 N–H and O–H groups in total. The smallest absolute Gasteiger partial charge is 0.255 e. The predicted octanol–water partition coefficient (Wildman–Crippen LogP) is 3.12. The molecule has 1 aromatic carbocycles. The maximum absolute atomic E-state index is 12.6. The average molecular weight is 346 g/mol. The third-order valence-electron chi connectivity index (χ3n) is 3.68. The fourth-order valence-electron chi connectivity index (χ4n) is 2.62. The number of likely N-dealkylation sites (N-methyl/N-ethyl adjacent to an activating group) is 1. The molecule has 2 unspecified atom stereocenters. The van der Waals surface area contributed by atoms with Gasteiger partial charge in [0.2, 0.25) is 0 Å². The van der Waals surface area contributed by atoms with Crippen molar-refractivity contribution in [2.24, 2.45) is 5.92 Å². The first kappa shape index (κ1) is 14.8. The van der Waals surface area contributed by atoms with Crippen LogP contribution in [-0.2, 0) is 0 Å². The van der Waals surface area contributed by atoms with Gasteiger partial charge in [0.15, 0.2) is 0 Å². The Morgan fingerprint density at radius 3 is 2.68 bits per heavy atom. The van der Waals surface area contributed by atoms with Gasteiger partial charge in [-0.05, 0) is 54.1 Å². The largest absolute Gasteiger partial charge is 0.337 e. The minimum atomic E-state index is 0.0468. The van der Waals surface area contributed by atoms with E-state index >= 15 is 0 Å². The van der Waals surface area contributed by atoms with Crippen molar-refractivity contribution in [2.75, 3.05) is 27.2 Å². The first-order valence-electron chi connectivity index (χ1n) is 6.31. The number of rotatable bonds is 2. The van der Waals surface area contributed by atoms with E-state index in [0.717, 1.165) is 17.6 Å². The molecule has 3 nitrogen and oxygen atoms in total. The molecular weight excluding hydrogens is 328 g/mol. The van der Waals surface area contributed by atoms with Crippen LogP contribution in [0.4, 0.5) is 0 Å². The number of halogens is 2. The highest BCUT2D eigenvalue weighted by molar-refractivity contribution is 9.10. The Morgan fingerprint density at radius 1 is 1.42 bits per heavy atom. The molecule has 2 atom stereocenters. The van der Waals surface area contributed by atoms with Crippen LogP contribution in [0.15, 0.2) is 22.7 Å². The van der Waals surface area contributed by atoms with Crippen LogP contribution < -0.4 is 0 Å². The summed E-state index contributed by atoms with van der Waals surface area (Å²) in [6.07, 6.45) is 0. The second-order valence-corrected chi connectivity index (χ2v) is 6.63. The Balaban J connectivity index is 2.19. The zero-order valence-electron chi connectivity index (χ0n) is 11.4. The van der Waals surface area contributed by atoms with Crippen LogP contribution in [0.3, 0.4) is 0 Å². The molecule has 1 aliphatic rings. The van der Waals surface area contributed by atoms with E-state index in [1.165, 1.54) is 0 Å². The summed E-state index contributed by atoms with van der Waals surface area (Å²) in [6.45, 7) is 3.75. The maximum atomic E-state index is 12.6. The number of hydrogen-bond donors (Lipinski definition) is 0. The molecule has 0 radical (unpaired) electrons. The van der Waals surface area contributed by atoms with Gasteiger partial charge in [-0.25, -0.2) is 0 Å². The van der Waals surface area contributed by atoms with Crippen LogP contribution in [0.5, 0.6) is 0 Å². The number of benzene rings is 1. The van der Waals surface area contributed by atoms with Gasteiger partial charge in [0, 0.05) is 28.6 Å². The molecule has 2 rings (SSSR count). The van der Waals surface area contributed by atoms with Crippen LogP contribution >= 0.6 is 27.5 Å². The number of likely N-dealkylation sites (tertiary alicyclic amines) is 1. The fourth-order valence-corrected chi connectivity index (χ4v) is 3.21. The van der Waals surface area contributed by atoms with E-state index in [0.29, 0.717) is 22.5 Å². The molecule has 0 spiro atoms. The third kappa shape index (κ3) is 3.12. The topological polar surface area (TPSA) is 23.6 Å². The highest BCUT2D eigenvalue weighted by Gasteiger charge is 2.34. The number of nitrogens with zero attached hydrogens (tertiary/aromatic N) is 2. The summed E-state index contributed by atoms with van der Waals surface area (Å²) in [5, 5.41) is 0.586. The van der Waals surface area contributed by atoms with Gasteiger partial charge < -0.3 is 9.80 Å². The van der Waals surface area contributed by atoms with Crippen LogP contribution in [0.1, 0.15) is 17.3 Å². The fraction of sp³-hybridized carbons (Fsp3) is 0.500. The minimum Gasteiger partial charge on any atom is -0.337 e. The Morgan fingerprint density at radius 2 is 2.11 bits per heavy atom. The van der Waals surface area contributed by atoms with Gasteiger partial charge in [0.1, 0.15) is 0 Å². The lowest BCUT2D eigenvalue weighted by atomic mass is 10.1. The second kappa shape index (κ2) is 5.81. The zero-order valence-corrected chi connectivity index (χ0v) is 13.7. The zero-order chi connectivity index (χ0) is 14.2. The van der Waals surface area contributed by atoms with Crippen LogP contribution in [-0.4, -0.2) is 48.9 Å². The molecule has 104 valence electrons. The monoisotopic (exact) mass is 344 g/mol. The van der Waals surface area contributed by atoms with Gasteiger partial charge in [-0.15, -0.1) is 0 Å². The molecule has 1 fully saturated rings. The van der Waals surface area contributed by atoms with Crippen molar-refractivity contribution in [1.82, 2.24) is 9.80 Å². The van der Waals surface area contributed by atoms with Crippen molar-refractivity contribution < 1.29 is 4.79 Å². The van der Waals surface area contributed by atoms with Crippen LogP contribution in [0.25, 0.3) is 0 Å². The van der Waals surface area contributed by atoms with E-state index < -0.39 is 0 Å². The summed E-state index contributed by atoms with van der Waals surface area (Å²) in [7, 11) is 4.12. The Labute approximate surface area is 127 Å². The number of carbonyl (C=O) groups excluding carboxylic acids is 1. The van der Waals surface area contributed by atoms with Gasteiger partial charge in [-0.3, -0.25) is 4.79 Å². The predicted molar refractivity (Wildman–Crippen MR) is 81.7 cm³/mol. The number of hydrogen-bond acceptors (Lipinski definition) is 2. The Kier molecular flexibility index (Phi) is 4.54. The van der Waals surface area contributed by atoms with E-state index in [9.17, 15) is 4.79 Å². The van der Waals surface area contributed by atoms with Crippen LogP contribution in [0, 0.1) is 5.92 Å². The molecule has 0 saturated carbocycles. The van der Waals surface area contributed by atoms with E-state index in [-0.39, 0.29) is 5.91 Å². The first-order valence-corrected chi connectivity index (χ1v) is 7.48. The highest BCUT2D eigenvalue weighted by Crippen LogP contribution is 2.26. The number of amides is 1. The average Bonchev–Trinajstić information content (AvgIpc) is 2.74. The maximum Gasteiger partial charge on any atom is 0.255 e. The molecule has 0 bridgehead atoms. The van der Waals surface area contributed by atoms with Gasteiger partial charge in [-0.2, -0.15) is 0 Å². The van der Waals surface area contributed by atoms with Crippen molar-refractivity contribution in [3.63, 3.8) is 0 Å². The molecule has 1 aromatic rings. The molecule has 1 heterocycles. The van der Waals surface area contributed by atoms with Crippen molar-refractivity contribution in [3.8, 4) is 0 Å². The van der Waals surface area contributed by atoms with Crippen molar-refractivity contribution in [3.05, 3.63) is 33.3 Å². The van der Waals surface area contributed by atoms with Crippen molar-refractivity contribution >= 4 is 33.4 Å². The molecule has 1 saturated heterocycles. The summed E-state index contributed by atoms with van der Waals surface area (Å²) in [5.74, 6) is 0.530. The van der Waals surface area contributed by atoms with E-state index in [1.807, 2.05) is 11.0 Å². The van der Waals surface area contributed by atoms with Gasteiger partial charge in [0.25, 0.3) is 5.91 Å². The van der Waals surface area contributed by atoms with Gasteiger partial charge in [-0.1, -0.05) is 18.5 Å². The molecule has 19 heavy (non-hydrogen) atoms. The van der Waals surface area contributed by atoms with Gasteiger partial charge >= 0.3 is 0 Å². The summed E-state index contributed by atoms with van der Waals surface area (Å²) in [4.78, 5) is 16.6. The molecular formula is C14H18BrClN2O. The molecule has 0 aliphatic carbocycles. The number of carbonyl (C=O) groups is 1. The summed E-state index contributed by atoms with van der Waals surface area (Å²) < 4.78 is 0.794. The molecule has 0 aromatic heterocycles. The third-order valence-corrected chi connectivity index (χ3v) is 4.61. The molecule has 5 heteroatoms. The lowest BCUT2D eigenvalue weighted by molar-refractivity contribution is 0.0780. The normalized spacial score (nSPS) is 23.2. The SMILES string of the molecule is CC1CN(C(=O)c2cc(Cl)ccc2Br)CC1N(C)C. The molecule has 1 amide bonds. The quantitative estimate of drug-likeness (QED) is 0.822. The van der Waals surface area contributed by atoms with Gasteiger partial charge in [0.05, 0.1) is 5.56 Å². The highest BCUT2D eigenvalue weighted by atomic mass is 79.9. The Hall–Kier alpha value is -0.580. The van der Waals surface area contributed by atoms with E-state index in [2.05, 4.69) is 41.8 Å². The molecule has 1 aliphatic heterocycles. The van der Waals surface area contributed by atoms with Crippen molar-refractivity contribution in [1.29, 1.82) is 0 Å². The second-order valence-electron chi connectivity index (χ2n) is 5.34. The summed E-state index contributed by atoms with van der Waals surface area (Å²) >= 11 is 9.40. The lowest BCUT2D eigenvalue weighted by Gasteiger charge is -2.22. The van der Waals surface area contributed by atoms with Crippen LogP contribution in [0.2, 0.25) is 5.02 Å². The van der Waals surface area contributed by atoms with E-state index in [4.69, 9.17) is 11.6 Å². The van der Waals surface area contributed by atoms with E-state index in [1.54, 1.807) is 12.1 Å². The van der Waals surface area contributed by atoms with Crippen molar-refractivity contribution in [2.45, 2.75) is 13.0 Å².